The number of piperazine rings is 1. The van der Waals surface area contributed by atoms with Crippen LogP contribution >= 0.6 is 0 Å². The van der Waals surface area contributed by atoms with E-state index in [1.807, 2.05) is 53.4 Å². The Bertz CT molecular complexity index is 831. The highest BCUT2D eigenvalue weighted by Gasteiger charge is 2.22. The molecule has 3 rings (SSSR count). The van der Waals surface area contributed by atoms with E-state index in [0.717, 1.165) is 30.2 Å². The number of benzene rings is 2. The van der Waals surface area contributed by atoms with Gasteiger partial charge in [-0.25, -0.2) is 4.79 Å². The lowest BCUT2D eigenvalue weighted by Crippen LogP contribution is -2.50. The third-order valence-corrected chi connectivity index (χ3v) is 5.18. The molecule has 1 fully saturated rings. The number of hydrogen-bond donors (Lipinski definition) is 1. The summed E-state index contributed by atoms with van der Waals surface area (Å²) in [5, 5.41) is 12.3. The highest BCUT2D eigenvalue weighted by atomic mass is 16.2. The highest BCUT2D eigenvalue weighted by Crippen LogP contribution is 2.22. The van der Waals surface area contributed by atoms with Crippen LogP contribution in [0, 0.1) is 11.3 Å². The summed E-state index contributed by atoms with van der Waals surface area (Å²) in [7, 11) is 0. The van der Waals surface area contributed by atoms with Crippen LogP contribution < -0.4 is 15.1 Å². The fourth-order valence-corrected chi connectivity index (χ4v) is 3.54. The molecule has 0 saturated carbocycles. The molecule has 146 valence electrons. The molecule has 2 aromatic rings. The lowest BCUT2D eigenvalue weighted by atomic mass is 10.1. The van der Waals surface area contributed by atoms with Crippen molar-refractivity contribution >= 4 is 23.1 Å². The summed E-state index contributed by atoms with van der Waals surface area (Å²) in [6.45, 7) is 8.87. The molecule has 1 heterocycles. The summed E-state index contributed by atoms with van der Waals surface area (Å²) in [5.41, 5.74) is 3.58. The van der Waals surface area contributed by atoms with Gasteiger partial charge >= 0.3 is 6.03 Å². The van der Waals surface area contributed by atoms with Crippen molar-refractivity contribution in [2.75, 3.05) is 54.4 Å². The van der Waals surface area contributed by atoms with E-state index in [2.05, 4.69) is 35.0 Å². The van der Waals surface area contributed by atoms with Crippen molar-refractivity contribution < 1.29 is 4.79 Å². The summed E-state index contributed by atoms with van der Waals surface area (Å²) in [5.74, 6) is 0. The van der Waals surface area contributed by atoms with Gasteiger partial charge in [-0.15, -0.1) is 0 Å². The fourth-order valence-electron chi connectivity index (χ4n) is 3.54. The van der Waals surface area contributed by atoms with Crippen molar-refractivity contribution in [1.82, 2.24) is 4.90 Å². The van der Waals surface area contributed by atoms with Crippen LogP contribution in [0.1, 0.15) is 19.4 Å². The van der Waals surface area contributed by atoms with Crippen molar-refractivity contribution in [3.05, 3.63) is 54.1 Å². The van der Waals surface area contributed by atoms with Crippen molar-refractivity contribution in [3.63, 3.8) is 0 Å². The molecule has 1 saturated heterocycles. The SMILES string of the molecule is CCN(CC)c1ccc(NC(=O)N2CCN(c3ccccc3C#N)CC2)cc1. The second kappa shape index (κ2) is 9.14. The number of carbonyl (C=O) groups excluding carboxylic acids is 1. The van der Waals surface area contributed by atoms with Crippen LogP contribution in [-0.2, 0) is 0 Å². The zero-order valence-electron chi connectivity index (χ0n) is 16.6. The minimum Gasteiger partial charge on any atom is -0.372 e. The molecule has 2 aromatic carbocycles. The number of nitriles is 1. The average molecular weight is 377 g/mol. The Balaban J connectivity index is 1.56. The largest absolute Gasteiger partial charge is 0.372 e. The van der Waals surface area contributed by atoms with Gasteiger partial charge in [-0.1, -0.05) is 12.1 Å². The monoisotopic (exact) mass is 377 g/mol. The van der Waals surface area contributed by atoms with E-state index >= 15 is 0 Å². The van der Waals surface area contributed by atoms with Crippen LogP contribution in [0.2, 0.25) is 0 Å². The minimum absolute atomic E-state index is 0.0798. The number of nitrogens with one attached hydrogen (secondary N) is 1. The standard InChI is InChI=1S/C22H27N5O/c1-3-25(4-2)20-11-9-19(10-12-20)24-22(28)27-15-13-26(14-16-27)21-8-6-5-7-18(21)17-23/h5-12H,3-4,13-16H2,1-2H3,(H,24,28). The van der Waals surface area contributed by atoms with E-state index in [9.17, 15) is 10.1 Å². The van der Waals surface area contributed by atoms with Crippen molar-refractivity contribution in [1.29, 1.82) is 5.26 Å². The van der Waals surface area contributed by atoms with Gasteiger partial charge in [0, 0.05) is 50.6 Å². The number of rotatable bonds is 5. The fraction of sp³-hybridized carbons (Fsp3) is 0.364. The zero-order chi connectivity index (χ0) is 19.9. The number of anilines is 3. The molecule has 1 N–H and O–H groups in total. The average Bonchev–Trinajstić information content (AvgIpc) is 2.76. The topological polar surface area (TPSA) is 62.6 Å². The number of nitrogens with zero attached hydrogens (tertiary/aromatic N) is 4. The Morgan fingerprint density at radius 2 is 1.68 bits per heavy atom. The van der Waals surface area contributed by atoms with Crippen molar-refractivity contribution in [2.24, 2.45) is 0 Å². The Labute approximate surface area is 167 Å². The van der Waals surface area contributed by atoms with Crippen LogP contribution in [0.3, 0.4) is 0 Å². The van der Waals surface area contributed by atoms with Gasteiger partial charge in [-0.3, -0.25) is 0 Å². The Hall–Kier alpha value is -3.20. The predicted octanol–water partition coefficient (Wildman–Crippen LogP) is 3.76. The lowest BCUT2D eigenvalue weighted by molar-refractivity contribution is 0.208. The predicted molar refractivity (Wildman–Crippen MR) is 114 cm³/mol. The summed E-state index contributed by atoms with van der Waals surface area (Å²) in [6.07, 6.45) is 0. The molecule has 1 aliphatic heterocycles. The maximum Gasteiger partial charge on any atom is 0.321 e. The Kier molecular flexibility index (Phi) is 6.38. The first-order valence-electron chi connectivity index (χ1n) is 9.81. The third-order valence-electron chi connectivity index (χ3n) is 5.18. The van der Waals surface area contributed by atoms with E-state index in [-0.39, 0.29) is 6.03 Å². The molecule has 0 bridgehead atoms. The summed E-state index contributed by atoms with van der Waals surface area (Å²) in [4.78, 5) is 18.9. The maximum atomic E-state index is 12.6. The summed E-state index contributed by atoms with van der Waals surface area (Å²) in [6, 6.07) is 17.8. The van der Waals surface area contributed by atoms with Crippen molar-refractivity contribution in [3.8, 4) is 6.07 Å². The lowest BCUT2D eigenvalue weighted by Gasteiger charge is -2.36. The second-order valence-electron chi connectivity index (χ2n) is 6.75. The molecule has 1 aliphatic rings. The van der Waals surface area contributed by atoms with Crippen molar-refractivity contribution in [2.45, 2.75) is 13.8 Å². The molecular weight excluding hydrogens is 350 g/mol. The normalized spacial score (nSPS) is 13.8. The first-order valence-corrected chi connectivity index (χ1v) is 9.81. The van der Waals surface area contributed by atoms with Gasteiger partial charge in [-0.05, 0) is 50.2 Å². The molecule has 0 spiro atoms. The Morgan fingerprint density at radius 1 is 1.04 bits per heavy atom. The van der Waals surface area contributed by atoms with E-state index in [4.69, 9.17) is 0 Å². The van der Waals surface area contributed by atoms with Gasteiger partial charge in [0.2, 0.25) is 0 Å². The molecule has 0 aliphatic carbocycles. The van der Waals surface area contributed by atoms with Crippen LogP contribution in [-0.4, -0.2) is 50.2 Å². The minimum atomic E-state index is -0.0798. The van der Waals surface area contributed by atoms with E-state index in [0.29, 0.717) is 31.7 Å². The van der Waals surface area contributed by atoms with Crippen LogP contribution in [0.25, 0.3) is 0 Å². The van der Waals surface area contributed by atoms with Gasteiger partial charge in [-0.2, -0.15) is 5.26 Å². The maximum absolute atomic E-state index is 12.6. The van der Waals surface area contributed by atoms with Crippen LogP contribution in [0.4, 0.5) is 21.9 Å². The van der Waals surface area contributed by atoms with Crippen LogP contribution in [0.15, 0.2) is 48.5 Å². The van der Waals surface area contributed by atoms with E-state index < -0.39 is 0 Å². The van der Waals surface area contributed by atoms with Gasteiger partial charge in [0.15, 0.2) is 0 Å². The van der Waals surface area contributed by atoms with Gasteiger partial charge in [0.25, 0.3) is 0 Å². The third kappa shape index (κ3) is 4.37. The molecule has 0 unspecified atom stereocenters. The van der Waals surface area contributed by atoms with Gasteiger partial charge in [0.1, 0.15) is 6.07 Å². The zero-order valence-corrected chi connectivity index (χ0v) is 16.6. The molecule has 0 atom stereocenters. The molecule has 28 heavy (non-hydrogen) atoms. The molecule has 6 nitrogen and oxygen atoms in total. The van der Waals surface area contributed by atoms with Gasteiger partial charge in [0.05, 0.1) is 11.3 Å². The molecule has 0 radical (unpaired) electrons. The van der Waals surface area contributed by atoms with E-state index in [1.165, 1.54) is 0 Å². The first-order chi connectivity index (χ1) is 13.7. The number of para-hydroxylation sites is 1. The molecule has 6 heteroatoms. The quantitative estimate of drug-likeness (QED) is 0.862. The second-order valence-corrected chi connectivity index (χ2v) is 6.75. The molecular formula is C22H27N5O. The smallest absolute Gasteiger partial charge is 0.321 e. The number of urea groups is 1. The van der Waals surface area contributed by atoms with E-state index in [1.54, 1.807) is 0 Å². The van der Waals surface area contributed by atoms with Gasteiger partial charge < -0.3 is 20.0 Å². The first kappa shape index (κ1) is 19.6. The summed E-state index contributed by atoms with van der Waals surface area (Å²) < 4.78 is 0. The number of carbonyl (C=O) groups is 1. The summed E-state index contributed by atoms with van der Waals surface area (Å²) >= 11 is 0. The van der Waals surface area contributed by atoms with Crippen LogP contribution in [0.5, 0.6) is 0 Å². The molecule has 2 amide bonds. The number of hydrogen-bond acceptors (Lipinski definition) is 4. The molecule has 0 aromatic heterocycles. The Morgan fingerprint density at radius 3 is 2.29 bits per heavy atom. The highest BCUT2D eigenvalue weighted by molar-refractivity contribution is 5.89. The number of amides is 2.